The van der Waals surface area contributed by atoms with Crippen molar-refractivity contribution in [3.63, 3.8) is 0 Å². The standard InChI is InChI=1S/C24H21FN4O3/c25-19-5-7-20(8-6-19)27-24(31)17(14-26)13-18-15-29(22-4-2-1-3-21(18)22)16-23(30)28-9-11-32-12-10-28/h1-8,13,15H,9-12,16H2,(H,27,31)/b17-13-. The maximum atomic E-state index is 13.1. The van der Waals surface area contributed by atoms with Crippen molar-refractivity contribution in [2.24, 2.45) is 0 Å². The summed E-state index contributed by atoms with van der Waals surface area (Å²) in [5.74, 6) is -1.03. The Balaban J connectivity index is 1.60. The molecule has 1 aromatic heterocycles. The summed E-state index contributed by atoms with van der Waals surface area (Å²) >= 11 is 0. The van der Waals surface area contributed by atoms with E-state index < -0.39 is 11.7 Å². The molecule has 2 aromatic carbocycles. The van der Waals surface area contributed by atoms with Crippen LogP contribution >= 0.6 is 0 Å². The summed E-state index contributed by atoms with van der Waals surface area (Å²) in [5.41, 5.74) is 1.77. The third-order valence-electron chi connectivity index (χ3n) is 5.26. The Morgan fingerprint density at radius 1 is 1.12 bits per heavy atom. The van der Waals surface area contributed by atoms with Gasteiger partial charge in [-0.2, -0.15) is 5.26 Å². The number of aromatic nitrogens is 1. The van der Waals surface area contributed by atoms with Crippen LogP contribution in [0.25, 0.3) is 17.0 Å². The lowest BCUT2D eigenvalue weighted by Crippen LogP contribution is -2.42. The van der Waals surface area contributed by atoms with Gasteiger partial charge in [0, 0.05) is 41.4 Å². The van der Waals surface area contributed by atoms with Crippen LogP contribution in [0, 0.1) is 17.1 Å². The minimum Gasteiger partial charge on any atom is -0.378 e. The normalized spacial score (nSPS) is 14.2. The van der Waals surface area contributed by atoms with Crippen LogP contribution in [0.3, 0.4) is 0 Å². The zero-order valence-electron chi connectivity index (χ0n) is 17.3. The number of nitrogens with zero attached hydrogens (tertiary/aromatic N) is 3. The first-order valence-corrected chi connectivity index (χ1v) is 10.2. The van der Waals surface area contributed by atoms with Gasteiger partial charge in [-0.1, -0.05) is 18.2 Å². The molecule has 2 amide bonds. The van der Waals surface area contributed by atoms with E-state index in [2.05, 4.69) is 5.32 Å². The van der Waals surface area contributed by atoms with E-state index >= 15 is 0 Å². The van der Waals surface area contributed by atoms with E-state index in [1.165, 1.54) is 30.3 Å². The van der Waals surface area contributed by atoms with E-state index in [0.29, 0.717) is 37.6 Å². The zero-order chi connectivity index (χ0) is 22.5. The Morgan fingerprint density at radius 3 is 2.56 bits per heavy atom. The number of ether oxygens (including phenoxy) is 1. The molecule has 0 unspecified atom stereocenters. The van der Waals surface area contributed by atoms with Crippen molar-refractivity contribution >= 4 is 34.5 Å². The van der Waals surface area contributed by atoms with Crippen LogP contribution in [-0.4, -0.2) is 47.6 Å². The number of fused-ring (bicyclic) bond motifs is 1. The Bertz CT molecular complexity index is 1220. The largest absolute Gasteiger partial charge is 0.378 e. The molecule has 1 fully saturated rings. The highest BCUT2D eigenvalue weighted by Gasteiger charge is 2.19. The number of nitrogens with one attached hydrogen (secondary N) is 1. The van der Waals surface area contributed by atoms with E-state index in [-0.39, 0.29) is 18.0 Å². The number of rotatable bonds is 5. The number of amides is 2. The molecule has 162 valence electrons. The predicted octanol–water partition coefficient (Wildman–Crippen LogP) is 3.18. The average molecular weight is 432 g/mol. The number of morpholine rings is 1. The zero-order valence-corrected chi connectivity index (χ0v) is 17.3. The summed E-state index contributed by atoms with van der Waals surface area (Å²) in [5, 5.41) is 13.0. The molecule has 7 nitrogen and oxygen atoms in total. The summed E-state index contributed by atoms with van der Waals surface area (Å²) in [4.78, 5) is 27.1. The maximum Gasteiger partial charge on any atom is 0.266 e. The SMILES string of the molecule is N#C/C(=C/c1cn(CC(=O)N2CCOCC2)c2ccccc12)C(=O)Nc1ccc(F)cc1. The average Bonchev–Trinajstić information content (AvgIpc) is 3.16. The number of carbonyl (C=O) groups is 2. The van der Waals surface area contributed by atoms with E-state index in [1.54, 1.807) is 11.1 Å². The van der Waals surface area contributed by atoms with Gasteiger partial charge < -0.3 is 19.5 Å². The molecule has 0 atom stereocenters. The second kappa shape index (κ2) is 9.45. The monoisotopic (exact) mass is 432 g/mol. The summed E-state index contributed by atoms with van der Waals surface area (Å²) in [7, 11) is 0. The van der Waals surface area contributed by atoms with E-state index in [1.807, 2.05) is 34.9 Å². The lowest BCUT2D eigenvalue weighted by molar-refractivity contribution is -0.135. The Hall–Kier alpha value is -3.96. The molecule has 2 heterocycles. The number of halogens is 1. The molecule has 1 aliphatic heterocycles. The molecule has 32 heavy (non-hydrogen) atoms. The highest BCUT2D eigenvalue weighted by molar-refractivity contribution is 6.10. The Labute approximate surface area is 184 Å². The van der Waals surface area contributed by atoms with Crippen molar-refractivity contribution in [1.29, 1.82) is 5.26 Å². The number of benzene rings is 2. The van der Waals surface area contributed by atoms with Gasteiger partial charge >= 0.3 is 0 Å². The van der Waals surface area contributed by atoms with Gasteiger partial charge in [0.25, 0.3) is 5.91 Å². The summed E-state index contributed by atoms with van der Waals surface area (Å²) in [6, 6.07) is 14.7. The van der Waals surface area contributed by atoms with Crippen LogP contribution in [0.4, 0.5) is 10.1 Å². The van der Waals surface area contributed by atoms with E-state index in [9.17, 15) is 19.2 Å². The van der Waals surface area contributed by atoms with Crippen LogP contribution in [0.2, 0.25) is 0 Å². The number of anilines is 1. The van der Waals surface area contributed by atoms with Gasteiger partial charge in [0.05, 0.1) is 13.2 Å². The van der Waals surface area contributed by atoms with Gasteiger partial charge in [-0.3, -0.25) is 9.59 Å². The summed E-state index contributed by atoms with van der Waals surface area (Å²) < 4.78 is 20.2. The first-order chi connectivity index (χ1) is 15.5. The highest BCUT2D eigenvalue weighted by atomic mass is 19.1. The predicted molar refractivity (Wildman–Crippen MR) is 118 cm³/mol. The molecule has 0 radical (unpaired) electrons. The van der Waals surface area contributed by atoms with Crippen LogP contribution in [-0.2, 0) is 20.9 Å². The second-order valence-electron chi connectivity index (χ2n) is 7.35. The quantitative estimate of drug-likeness (QED) is 0.496. The molecule has 1 saturated heterocycles. The highest BCUT2D eigenvalue weighted by Crippen LogP contribution is 2.24. The third kappa shape index (κ3) is 4.68. The molecule has 0 saturated carbocycles. The van der Waals surface area contributed by atoms with Crippen LogP contribution < -0.4 is 5.32 Å². The number of carbonyl (C=O) groups excluding carboxylic acids is 2. The van der Waals surface area contributed by atoms with Gasteiger partial charge in [0.15, 0.2) is 0 Å². The van der Waals surface area contributed by atoms with Crippen molar-refractivity contribution in [3.8, 4) is 6.07 Å². The number of para-hydroxylation sites is 1. The van der Waals surface area contributed by atoms with Gasteiger partial charge in [-0.15, -0.1) is 0 Å². The van der Waals surface area contributed by atoms with Crippen molar-refractivity contribution in [2.75, 3.05) is 31.6 Å². The van der Waals surface area contributed by atoms with Crippen LogP contribution in [0.15, 0.2) is 60.3 Å². The number of nitriles is 1. The topological polar surface area (TPSA) is 87.4 Å². The fourth-order valence-corrected chi connectivity index (χ4v) is 3.62. The molecule has 1 aliphatic rings. The Morgan fingerprint density at radius 2 is 1.84 bits per heavy atom. The third-order valence-corrected chi connectivity index (χ3v) is 5.26. The molecule has 3 aromatic rings. The molecule has 0 bridgehead atoms. The van der Waals surface area contributed by atoms with E-state index in [0.717, 1.165) is 10.9 Å². The van der Waals surface area contributed by atoms with Crippen molar-refractivity contribution in [1.82, 2.24) is 9.47 Å². The van der Waals surface area contributed by atoms with E-state index in [4.69, 9.17) is 4.74 Å². The van der Waals surface area contributed by atoms with Gasteiger partial charge in [0.1, 0.15) is 24.0 Å². The smallest absolute Gasteiger partial charge is 0.266 e. The molecular formula is C24H21FN4O3. The van der Waals surface area contributed by atoms with Crippen LogP contribution in [0.5, 0.6) is 0 Å². The van der Waals surface area contributed by atoms with Gasteiger partial charge in [0.2, 0.25) is 5.91 Å². The molecular weight excluding hydrogens is 411 g/mol. The lowest BCUT2D eigenvalue weighted by atomic mass is 10.1. The van der Waals surface area contributed by atoms with Gasteiger partial charge in [-0.25, -0.2) is 4.39 Å². The fourth-order valence-electron chi connectivity index (χ4n) is 3.62. The van der Waals surface area contributed by atoms with Crippen molar-refractivity contribution < 1.29 is 18.7 Å². The Kier molecular flexibility index (Phi) is 6.29. The van der Waals surface area contributed by atoms with Crippen LogP contribution in [0.1, 0.15) is 5.56 Å². The second-order valence-corrected chi connectivity index (χ2v) is 7.35. The van der Waals surface area contributed by atoms with Crippen molar-refractivity contribution in [3.05, 3.63) is 71.7 Å². The molecule has 0 aliphatic carbocycles. The minimum atomic E-state index is -0.597. The molecule has 8 heteroatoms. The summed E-state index contributed by atoms with van der Waals surface area (Å²) in [6.07, 6.45) is 3.27. The molecule has 0 spiro atoms. The fraction of sp³-hybridized carbons (Fsp3) is 0.208. The molecule has 4 rings (SSSR count). The maximum absolute atomic E-state index is 13.1. The first-order valence-electron chi connectivity index (χ1n) is 10.2. The molecule has 1 N–H and O–H groups in total. The number of hydrogen-bond acceptors (Lipinski definition) is 4. The van der Waals surface area contributed by atoms with Crippen molar-refractivity contribution in [2.45, 2.75) is 6.54 Å². The lowest BCUT2D eigenvalue weighted by Gasteiger charge is -2.27. The number of hydrogen-bond donors (Lipinski definition) is 1. The first kappa shape index (κ1) is 21.3. The van der Waals surface area contributed by atoms with Gasteiger partial charge in [-0.05, 0) is 36.4 Å². The minimum absolute atomic E-state index is 0.0147. The summed E-state index contributed by atoms with van der Waals surface area (Å²) in [6.45, 7) is 2.33.